The molecule has 0 bridgehead atoms. The first-order valence-corrected chi connectivity index (χ1v) is 6.09. The standard InChI is InChI=1S/C9H6BrClN2OS/c1-4-7(10)9(14)13-8(12-4)5-2-3-6(11)15-5/h2-3H,1H3,(H,12,13,14). The van der Waals surface area contributed by atoms with Gasteiger partial charge in [0.25, 0.3) is 5.56 Å². The van der Waals surface area contributed by atoms with Gasteiger partial charge >= 0.3 is 0 Å². The van der Waals surface area contributed by atoms with Crippen LogP contribution in [0.2, 0.25) is 4.34 Å². The van der Waals surface area contributed by atoms with Gasteiger partial charge in [-0.05, 0) is 35.0 Å². The lowest BCUT2D eigenvalue weighted by Crippen LogP contribution is -2.11. The fourth-order valence-electron chi connectivity index (χ4n) is 1.13. The van der Waals surface area contributed by atoms with Gasteiger partial charge in [0.05, 0.1) is 14.9 Å². The second-order valence-corrected chi connectivity index (χ2v) is 5.43. The van der Waals surface area contributed by atoms with Gasteiger partial charge in [0.15, 0.2) is 5.82 Å². The average Bonchev–Trinajstić information content (AvgIpc) is 2.60. The number of hydrogen-bond acceptors (Lipinski definition) is 3. The molecule has 0 unspecified atom stereocenters. The number of aryl methyl sites for hydroxylation is 1. The van der Waals surface area contributed by atoms with Gasteiger partial charge in [-0.25, -0.2) is 4.98 Å². The molecule has 0 aliphatic rings. The van der Waals surface area contributed by atoms with Crippen LogP contribution in [-0.4, -0.2) is 9.97 Å². The van der Waals surface area contributed by atoms with Crippen LogP contribution < -0.4 is 5.56 Å². The summed E-state index contributed by atoms with van der Waals surface area (Å²) in [5, 5.41) is 0. The number of thiophene rings is 1. The number of aromatic amines is 1. The summed E-state index contributed by atoms with van der Waals surface area (Å²) in [5.74, 6) is 0.553. The van der Waals surface area contributed by atoms with Crippen LogP contribution in [0.5, 0.6) is 0 Å². The van der Waals surface area contributed by atoms with Crippen LogP contribution in [0.1, 0.15) is 5.69 Å². The predicted molar refractivity (Wildman–Crippen MR) is 65.6 cm³/mol. The zero-order chi connectivity index (χ0) is 11.0. The Bertz CT molecular complexity index is 563. The fraction of sp³-hybridized carbons (Fsp3) is 0.111. The molecule has 0 fully saturated rings. The van der Waals surface area contributed by atoms with Crippen molar-refractivity contribution >= 4 is 38.9 Å². The molecule has 2 aromatic heterocycles. The number of H-pyrrole nitrogens is 1. The number of hydrogen-bond donors (Lipinski definition) is 1. The van der Waals surface area contributed by atoms with Crippen molar-refractivity contribution in [2.45, 2.75) is 6.92 Å². The van der Waals surface area contributed by atoms with E-state index >= 15 is 0 Å². The first kappa shape index (κ1) is 10.9. The molecule has 78 valence electrons. The van der Waals surface area contributed by atoms with E-state index in [1.165, 1.54) is 11.3 Å². The summed E-state index contributed by atoms with van der Waals surface area (Å²) in [6.45, 7) is 1.78. The third kappa shape index (κ3) is 2.14. The van der Waals surface area contributed by atoms with Crippen LogP contribution in [0, 0.1) is 6.92 Å². The van der Waals surface area contributed by atoms with Crippen molar-refractivity contribution in [2.75, 3.05) is 0 Å². The molecule has 6 heteroatoms. The summed E-state index contributed by atoms with van der Waals surface area (Å²) in [7, 11) is 0. The van der Waals surface area contributed by atoms with Gasteiger partial charge in [0, 0.05) is 0 Å². The van der Waals surface area contributed by atoms with Crippen molar-refractivity contribution < 1.29 is 0 Å². The van der Waals surface area contributed by atoms with E-state index in [1.54, 1.807) is 13.0 Å². The Morgan fingerprint density at radius 1 is 1.53 bits per heavy atom. The smallest absolute Gasteiger partial charge is 0.265 e. The Kier molecular flexibility index (Phi) is 2.95. The van der Waals surface area contributed by atoms with Crippen molar-refractivity contribution in [3.05, 3.63) is 37.0 Å². The maximum atomic E-state index is 11.5. The van der Waals surface area contributed by atoms with E-state index in [0.29, 0.717) is 20.3 Å². The Morgan fingerprint density at radius 2 is 2.27 bits per heavy atom. The molecule has 0 aliphatic heterocycles. The van der Waals surface area contributed by atoms with Crippen molar-refractivity contribution in [3.63, 3.8) is 0 Å². The minimum Gasteiger partial charge on any atom is -0.305 e. The highest BCUT2D eigenvalue weighted by atomic mass is 79.9. The molecule has 0 saturated heterocycles. The molecule has 0 atom stereocenters. The Balaban J connectivity index is 2.60. The monoisotopic (exact) mass is 304 g/mol. The topological polar surface area (TPSA) is 45.8 Å². The van der Waals surface area contributed by atoms with E-state index in [0.717, 1.165) is 4.88 Å². The van der Waals surface area contributed by atoms with Crippen LogP contribution in [0.3, 0.4) is 0 Å². The van der Waals surface area contributed by atoms with Crippen LogP contribution in [0.4, 0.5) is 0 Å². The van der Waals surface area contributed by atoms with Crippen LogP contribution in [-0.2, 0) is 0 Å². The van der Waals surface area contributed by atoms with Crippen molar-refractivity contribution in [2.24, 2.45) is 0 Å². The molecule has 0 spiro atoms. The van der Waals surface area contributed by atoms with E-state index in [9.17, 15) is 4.79 Å². The number of nitrogens with zero attached hydrogens (tertiary/aromatic N) is 1. The Labute approximate surface area is 103 Å². The highest BCUT2D eigenvalue weighted by Gasteiger charge is 2.08. The minimum atomic E-state index is -0.179. The molecule has 0 saturated carbocycles. The summed E-state index contributed by atoms with van der Waals surface area (Å²) in [6, 6.07) is 3.61. The average molecular weight is 306 g/mol. The SMILES string of the molecule is Cc1nc(-c2ccc(Cl)s2)[nH]c(=O)c1Br. The number of rotatable bonds is 1. The third-order valence-corrected chi connectivity index (χ3v) is 4.01. The van der Waals surface area contributed by atoms with E-state index in [-0.39, 0.29) is 5.56 Å². The number of halogens is 2. The van der Waals surface area contributed by atoms with Gasteiger partial charge < -0.3 is 4.98 Å². The maximum Gasteiger partial charge on any atom is 0.265 e. The molecule has 0 aromatic carbocycles. The van der Waals surface area contributed by atoms with E-state index in [1.807, 2.05) is 6.07 Å². The molecule has 0 amide bonds. The second kappa shape index (κ2) is 4.08. The molecular weight excluding hydrogens is 300 g/mol. The largest absolute Gasteiger partial charge is 0.305 e. The van der Waals surface area contributed by atoms with E-state index in [2.05, 4.69) is 25.9 Å². The summed E-state index contributed by atoms with van der Waals surface area (Å²) < 4.78 is 1.14. The quantitative estimate of drug-likeness (QED) is 0.879. The third-order valence-electron chi connectivity index (χ3n) is 1.84. The molecular formula is C9H6BrClN2OS. The zero-order valence-electron chi connectivity index (χ0n) is 7.67. The van der Waals surface area contributed by atoms with Crippen LogP contribution in [0.15, 0.2) is 21.4 Å². The van der Waals surface area contributed by atoms with Gasteiger partial charge in [-0.2, -0.15) is 0 Å². The summed E-state index contributed by atoms with van der Waals surface area (Å²) in [4.78, 5) is 19.3. The highest BCUT2D eigenvalue weighted by molar-refractivity contribution is 9.10. The fourth-order valence-corrected chi connectivity index (χ4v) is 2.31. The zero-order valence-corrected chi connectivity index (χ0v) is 10.8. The second-order valence-electron chi connectivity index (χ2n) is 2.92. The Hall–Kier alpha value is -0.650. The van der Waals surface area contributed by atoms with Crippen LogP contribution in [0.25, 0.3) is 10.7 Å². The van der Waals surface area contributed by atoms with Crippen molar-refractivity contribution in [3.8, 4) is 10.7 Å². The van der Waals surface area contributed by atoms with E-state index in [4.69, 9.17) is 11.6 Å². The van der Waals surface area contributed by atoms with Gasteiger partial charge in [0.2, 0.25) is 0 Å². The first-order valence-electron chi connectivity index (χ1n) is 4.10. The molecule has 2 heterocycles. The molecule has 2 aromatic rings. The van der Waals surface area contributed by atoms with Gasteiger partial charge in [-0.1, -0.05) is 11.6 Å². The first-order chi connectivity index (χ1) is 7.08. The van der Waals surface area contributed by atoms with E-state index < -0.39 is 0 Å². The summed E-state index contributed by atoms with van der Waals surface area (Å²) >= 11 is 10.4. The Morgan fingerprint density at radius 3 is 2.80 bits per heavy atom. The molecule has 2 rings (SSSR count). The molecule has 0 radical (unpaired) electrons. The van der Waals surface area contributed by atoms with Crippen LogP contribution >= 0.6 is 38.9 Å². The van der Waals surface area contributed by atoms with Crippen molar-refractivity contribution in [1.82, 2.24) is 9.97 Å². The molecule has 3 nitrogen and oxygen atoms in total. The van der Waals surface area contributed by atoms with Gasteiger partial charge in [0.1, 0.15) is 4.47 Å². The molecule has 1 N–H and O–H groups in total. The molecule has 0 aliphatic carbocycles. The number of aromatic nitrogens is 2. The predicted octanol–water partition coefficient (Wildman–Crippen LogP) is 3.22. The van der Waals surface area contributed by atoms with Gasteiger partial charge in [-0.15, -0.1) is 11.3 Å². The lowest BCUT2D eigenvalue weighted by molar-refractivity contribution is 1.06. The lowest BCUT2D eigenvalue weighted by Gasteiger charge is -2.00. The molecule has 15 heavy (non-hydrogen) atoms. The summed E-state index contributed by atoms with van der Waals surface area (Å²) in [6.07, 6.45) is 0. The van der Waals surface area contributed by atoms with Gasteiger partial charge in [-0.3, -0.25) is 4.79 Å². The normalized spacial score (nSPS) is 10.6. The maximum absolute atomic E-state index is 11.5. The lowest BCUT2D eigenvalue weighted by atomic mass is 10.4. The minimum absolute atomic E-state index is 0.179. The summed E-state index contributed by atoms with van der Waals surface area (Å²) in [5.41, 5.74) is 0.486. The highest BCUT2D eigenvalue weighted by Crippen LogP contribution is 2.28. The number of nitrogens with one attached hydrogen (secondary N) is 1. The van der Waals surface area contributed by atoms with Crippen molar-refractivity contribution in [1.29, 1.82) is 0 Å².